The van der Waals surface area contributed by atoms with Crippen LogP contribution in [0.5, 0.6) is 0 Å². The van der Waals surface area contributed by atoms with Gasteiger partial charge in [0.1, 0.15) is 11.6 Å². The monoisotopic (exact) mass is 283 g/mol. The van der Waals surface area contributed by atoms with Crippen LogP contribution in [0.3, 0.4) is 0 Å². The summed E-state index contributed by atoms with van der Waals surface area (Å²) in [6.07, 6.45) is 1.37. The second kappa shape index (κ2) is 6.69. The first kappa shape index (κ1) is 15.7. The Kier molecular flexibility index (Phi) is 5.24. The Morgan fingerprint density at radius 3 is 2.50 bits per heavy atom. The Morgan fingerprint density at radius 2 is 2.00 bits per heavy atom. The molecule has 1 heterocycles. The van der Waals surface area contributed by atoms with E-state index < -0.39 is 29.2 Å². The van der Waals surface area contributed by atoms with E-state index >= 15 is 0 Å². The molecule has 0 aromatic carbocycles. The molecule has 1 atom stereocenters. The van der Waals surface area contributed by atoms with Gasteiger partial charge in [-0.15, -0.1) is 0 Å². The van der Waals surface area contributed by atoms with Crippen LogP contribution in [0.1, 0.15) is 30.6 Å². The van der Waals surface area contributed by atoms with E-state index in [0.29, 0.717) is 6.42 Å². The van der Waals surface area contributed by atoms with Crippen LogP contribution in [0.25, 0.3) is 0 Å². The van der Waals surface area contributed by atoms with Gasteiger partial charge in [-0.3, -0.25) is 14.6 Å². The number of H-pyrrole nitrogens is 2. The molecule has 110 valence electrons. The maximum atomic E-state index is 11.9. The Labute approximate surface area is 114 Å². The van der Waals surface area contributed by atoms with Gasteiger partial charge < -0.3 is 15.0 Å². The van der Waals surface area contributed by atoms with E-state index in [9.17, 15) is 19.2 Å². The van der Waals surface area contributed by atoms with Gasteiger partial charge in [-0.05, 0) is 12.3 Å². The number of aromatic amines is 2. The number of nitrogens with one attached hydrogen (secondary N) is 3. The van der Waals surface area contributed by atoms with E-state index in [4.69, 9.17) is 0 Å². The smallest absolute Gasteiger partial charge is 0.328 e. The molecule has 20 heavy (non-hydrogen) atoms. The summed E-state index contributed by atoms with van der Waals surface area (Å²) in [5.74, 6) is -1.19. The Bertz CT molecular complexity index is 602. The van der Waals surface area contributed by atoms with Gasteiger partial charge in [-0.2, -0.15) is 0 Å². The molecule has 1 aromatic rings. The molecule has 1 aromatic heterocycles. The third kappa shape index (κ3) is 4.08. The molecule has 0 aliphatic heterocycles. The summed E-state index contributed by atoms with van der Waals surface area (Å²) in [5, 5.41) is 2.42. The molecular formula is C12H17N3O5. The molecule has 0 spiro atoms. The van der Waals surface area contributed by atoms with Crippen molar-refractivity contribution in [3.8, 4) is 0 Å². The van der Waals surface area contributed by atoms with Crippen molar-refractivity contribution in [1.29, 1.82) is 0 Å². The minimum Gasteiger partial charge on any atom is -0.467 e. The summed E-state index contributed by atoms with van der Waals surface area (Å²) in [6, 6.07) is -0.848. The molecule has 0 saturated carbocycles. The molecule has 0 fully saturated rings. The fourth-order valence-electron chi connectivity index (χ4n) is 1.64. The van der Waals surface area contributed by atoms with E-state index in [1.807, 2.05) is 18.8 Å². The van der Waals surface area contributed by atoms with Crippen LogP contribution < -0.4 is 16.6 Å². The van der Waals surface area contributed by atoms with Gasteiger partial charge >= 0.3 is 11.7 Å². The van der Waals surface area contributed by atoms with E-state index in [2.05, 4.69) is 15.0 Å². The van der Waals surface area contributed by atoms with Crippen LogP contribution >= 0.6 is 0 Å². The predicted octanol–water partition coefficient (Wildman–Crippen LogP) is -0.619. The van der Waals surface area contributed by atoms with Crippen LogP contribution in [0.4, 0.5) is 0 Å². The fraction of sp³-hybridized carbons (Fsp3) is 0.500. The maximum absolute atomic E-state index is 11.9. The molecule has 0 aliphatic carbocycles. The zero-order valence-corrected chi connectivity index (χ0v) is 11.5. The molecule has 1 amide bonds. The molecule has 0 radical (unpaired) electrons. The normalized spacial score (nSPS) is 12.0. The second-order valence-electron chi connectivity index (χ2n) is 4.66. The summed E-state index contributed by atoms with van der Waals surface area (Å²) >= 11 is 0. The topological polar surface area (TPSA) is 121 Å². The highest BCUT2D eigenvalue weighted by Gasteiger charge is 2.24. The number of ether oxygens (including phenoxy) is 1. The summed E-state index contributed by atoms with van der Waals surface area (Å²) in [7, 11) is 1.22. The van der Waals surface area contributed by atoms with Gasteiger partial charge in [0.25, 0.3) is 11.5 Å². The van der Waals surface area contributed by atoms with Crippen LogP contribution in [0.2, 0.25) is 0 Å². The zero-order chi connectivity index (χ0) is 15.3. The quantitative estimate of drug-likeness (QED) is 0.622. The number of amides is 1. The van der Waals surface area contributed by atoms with Gasteiger partial charge in [0.05, 0.1) is 7.11 Å². The van der Waals surface area contributed by atoms with Crippen molar-refractivity contribution >= 4 is 11.9 Å². The van der Waals surface area contributed by atoms with Crippen LogP contribution in [0.15, 0.2) is 15.8 Å². The largest absolute Gasteiger partial charge is 0.467 e. The first-order valence-corrected chi connectivity index (χ1v) is 6.05. The lowest BCUT2D eigenvalue weighted by Gasteiger charge is -2.17. The zero-order valence-electron chi connectivity index (χ0n) is 11.5. The standard InChI is InChI=1S/C12H17N3O5/c1-6(2)4-8(11(18)20-3)14-9(16)7-5-13-12(19)15-10(7)17/h5-6,8H,4H2,1-3H3,(H,14,16)(H2,13,15,17,19). The van der Waals surface area contributed by atoms with Crippen molar-refractivity contribution in [3.05, 3.63) is 32.6 Å². The molecule has 8 nitrogen and oxygen atoms in total. The number of hydrogen-bond acceptors (Lipinski definition) is 5. The van der Waals surface area contributed by atoms with Crippen LogP contribution in [-0.2, 0) is 9.53 Å². The van der Waals surface area contributed by atoms with Gasteiger partial charge in [0.2, 0.25) is 0 Å². The Morgan fingerprint density at radius 1 is 1.35 bits per heavy atom. The van der Waals surface area contributed by atoms with Crippen LogP contribution in [-0.4, -0.2) is 35.0 Å². The molecule has 0 aliphatic rings. The summed E-state index contributed by atoms with van der Waals surface area (Å²) in [4.78, 5) is 50.0. The van der Waals surface area contributed by atoms with E-state index in [-0.39, 0.29) is 11.5 Å². The first-order valence-electron chi connectivity index (χ1n) is 6.05. The number of aromatic nitrogens is 2. The fourth-order valence-corrected chi connectivity index (χ4v) is 1.64. The third-order valence-electron chi connectivity index (χ3n) is 2.56. The van der Waals surface area contributed by atoms with E-state index in [0.717, 1.165) is 6.20 Å². The molecule has 1 rings (SSSR count). The summed E-state index contributed by atoms with van der Waals surface area (Å²) in [5.41, 5.74) is -1.81. The molecule has 1 unspecified atom stereocenters. The van der Waals surface area contributed by atoms with Gasteiger partial charge in [0.15, 0.2) is 0 Å². The second-order valence-corrected chi connectivity index (χ2v) is 4.66. The lowest BCUT2D eigenvalue weighted by molar-refractivity contribution is -0.143. The lowest BCUT2D eigenvalue weighted by Crippen LogP contribution is -2.44. The van der Waals surface area contributed by atoms with Crippen LogP contribution in [0, 0.1) is 5.92 Å². The third-order valence-corrected chi connectivity index (χ3v) is 2.56. The molecular weight excluding hydrogens is 266 g/mol. The highest BCUT2D eigenvalue weighted by atomic mass is 16.5. The van der Waals surface area contributed by atoms with E-state index in [1.54, 1.807) is 0 Å². The molecule has 3 N–H and O–H groups in total. The summed E-state index contributed by atoms with van der Waals surface area (Å²) in [6.45, 7) is 3.77. The molecule has 0 bridgehead atoms. The predicted molar refractivity (Wildman–Crippen MR) is 70.4 cm³/mol. The van der Waals surface area contributed by atoms with Crippen molar-refractivity contribution in [3.63, 3.8) is 0 Å². The minimum atomic E-state index is -0.848. The Balaban J connectivity index is 2.93. The molecule has 0 saturated heterocycles. The van der Waals surface area contributed by atoms with Gasteiger partial charge in [0, 0.05) is 6.20 Å². The number of hydrogen-bond donors (Lipinski definition) is 3. The SMILES string of the molecule is COC(=O)C(CC(C)C)NC(=O)c1c[nH]c(=O)[nH]c1=O. The van der Waals surface area contributed by atoms with Crippen molar-refractivity contribution in [1.82, 2.24) is 15.3 Å². The van der Waals surface area contributed by atoms with Crippen molar-refractivity contribution < 1.29 is 14.3 Å². The van der Waals surface area contributed by atoms with E-state index in [1.165, 1.54) is 7.11 Å². The summed E-state index contributed by atoms with van der Waals surface area (Å²) < 4.78 is 4.60. The number of methoxy groups -OCH3 is 1. The average Bonchev–Trinajstić information content (AvgIpc) is 2.36. The number of carbonyl (C=O) groups excluding carboxylic acids is 2. The lowest BCUT2D eigenvalue weighted by atomic mass is 10.0. The highest BCUT2D eigenvalue weighted by Crippen LogP contribution is 2.06. The van der Waals surface area contributed by atoms with Crippen molar-refractivity contribution in [2.24, 2.45) is 5.92 Å². The maximum Gasteiger partial charge on any atom is 0.328 e. The van der Waals surface area contributed by atoms with Gasteiger partial charge in [-0.25, -0.2) is 9.59 Å². The van der Waals surface area contributed by atoms with Crippen molar-refractivity contribution in [2.45, 2.75) is 26.3 Å². The number of carbonyl (C=O) groups is 2. The molecule has 8 heteroatoms. The average molecular weight is 283 g/mol. The van der Waals surface area contributed by atoms with Gasteiger partial charge in [-0.1, -0.05) is 13.8 Å². The van der Waals surface area contributed by atoms with Crippen molar-refractivity contribution in [2.75, 3.05) is 7.11 Å². The Hall–Kier alpha value is -2.38. The number of esters is 1. The highest BCUT2D eigenvalue weighted by molar-refractivity contribution is 5.96. The number of rotatable bonds is 5. The minimum absolute atomic E-state index is 0.147. The first-order chi connectivity index (χ1) is 9.35.